The second-order valence-electron chi connectivity index (χ2n) is 7.57. The molecule has 1 aliphatic rings. The van der Waals surface area contributed by atoms with Gasteiger partial charge >= 0.3 is 0 Å². The van der Waals surface area contributed by atoms with E-state index in [-0.39, 0.29) is 11.9 Å². The van der Waals surface area contributed by atoms with E-state index in [1.54, 1.807) is 31.0 Å². The van der Waals surface area contributed by atoms with Gasteiger partial charge in [0.2, 0.25) is 0 Å². The lowest BCUT2D eigenvalue weighted by Gasteiger charge is -2.24. The summed E-state index contributed by atoms with van der Waals surface area (Å²) in [5.74, 6) is 2.36. The lowest BCUT2D eigenvalue weighted by molar-refractivity contribution is -0.130. The Hall–Kier alpha value is -2.77. The minimum atomic E-state index is -0.265. The smallest absolute Gasteiger partial charge is 0.253 e. The Morgan fingerprint density at radius 3 is 2.48 bits per heavy atom. The molecule has 170 valence electrons. The van der Waals surface area contributed by atoms with E-state index in [1.807, 2.05) is 60.7 Å². The number of nitrogens with zero attached hydrogens (tertiary/aromatic N) is 2. The summed E-state index contributed by atoms with van der Waals surface area (Å²) < 4.78 is 12.2. The summed E-state index contributed by atoms with van der Waals surface area (Å²) in [4.78, 5) is 13.3. The van der Waals surface area contributed by atoms with Crippen molar-refractivity contribution in [2.45, 2.75) is 18.2 Å². The number of methoxy groups -OCH3 is 2. The maximum Gasteiger partial charge on any atom is 0.253 e. The summed E-state index contributed by atoms with van der Waals surface area (Å²) in [6.45, 7) is 0. The summed E-state index contributed by atoms with van der Waals surface area (Å²) in [6.07, 6.45) is 0.597. The van der Waals surface area contributed by atoms with Gasteiger partial charge in [-0.3, -0.25) is 4.79 Å². The number of halogens is 1. The van der Waals surface area contributed by atoms with Crippen LogP contribution in [0.15, 0.2) is 82.4 Å². The van der Waals surface area contributed by atoms with Gasteiger partial charge in [0.15, 0.2) is 11.5 Å². The third kappa shape index (κ3) is 5.42. The molecule has 1 heterocycles. The first-order chi connectivity index (χ1) is 16.1. The average molecular weight is 525 g/mol. The molecule has 0 aromatic heterocycles. The zero-order valence-corrected chi connectivity index (χ0v) is 20.9. The lowest BCUT2D eigenvalue weighted by Crippen LogP contribution is -2.29. The molecule has 1 aliphatic heterocycles. The highest BCUT2D eigenvalue weighted by Gasteiger charge is 2.35. The maximum absolute atomic E-state index is 13.3. The number of thioether (sulfide) groups is 1. The fraction of sp³-hybridized carbons (Fsp3) is 0.231. The molecular weight excluding hydrogens is 500 g/mol. The van der Waals surface area contributed by atoms with E-state index in [1.165, 1.54) is 5.56 Å². The molecule has 1 amide bonds. The number of benzene rings is 3. The molecular formula is C26H25BrN2O3S. The van der Waals surface area contributed by atoms with Gasteiger partial charge in [0.1, 0.15) is 0 Å². The van der Waals surface area contributed by atoms with Crippen LogP contribution in [0.5, 0.6) is 11.5 Å². The summed E-state index contributed by atoms with van der Waals surface area (Å²) in [6, 6.07) is 23.6. The van der Waals surface area contributed by atoms with Crippen LogP contribution in [0.3, 0.4) is 0 Å². The topological polar surface area (TPSA) is 51.1 Å². The van der Waals surface area contributed by atoms with Gasteiger partial charge in [-0.1, -0.05) is 70.5 Å². The largest absolute Gasteiger partial charge is 0.493 e. The van der Waals surface area contributed by atoms with Gasteiger partial charge in [0.05, 0.1) is 31.7 Å². The molecule has 0 radical (unpaired) electrons. The summed E-state index contributed by atoms with van der Waals surface area (Å²) in [5, 5.41) is 6.40. The Kier molecular flexibility index (Phi) is 7.73. The van der Waals surface area contributed by atoms with Crippen molar-refractivity contribution >= 4 is 39.3 Å². The second kappa shape index (κ2) is 10.9. The number of rotatable bonds is 8. The van der Waals surface area contributed by atoms with Crippen molar-refractivity contribution in [2.75, 3.05) is 20.0 Å². The Balaban J connectivity index is 1.60. The first-order valence-corrected chi connectivity index (χ1v) is 12.5. The van der Waals surface area contributed by atoms with E-state index in [4.69, 9.17) is 14.6 Å². The van der Waals surface area contributed by atoms with Gasteiger partial charge in [0.25, 0.3) is 5.91 Å². The Morgan fingerprint density at radius 1 is 1.03 bits per heavy atom. The molecule has 0 spiro atoms. The lowest BCUT2D eigenvalue weighted by atomic mass is 9.97. The van der Waals surface area contributed by atoms with Gasteiger partial charge in [-0.15, -0.1) is 11.8 Å². The number of hydrogen-bond acceptors (Lipinski definition) is 5. The average Bonchev–Trinajstić information content (AvgIpc) is 3.30. The van der Waals surface area contributed by atoms with Crippen LogP contribution < -0.4 is 9.47 Å². The van der Waals surface area contributed by atoms with E-state index >= 15 is 0 Å². The normalized spacial score (nSPS) is 15.3. The van der Waals surface area contributed by atoms with Gasteiger partial charge in [0, 0.05) is 22.2 Å². The summed E-state index contributed by atoms with van der Waals surface area (Å²) in [5.41, 5.74) is 3.95. The van der Waals surface area contributed by atoms with Crippen molar-refractivity contribution in [3.63, 3.8) is 0 Å². The third-order valence-corrected chi connectivity index (χ3v) is 6.99. The Morgan fingerprint density at radius 2 is 1.79 bits per heavy atom. The van der Waals surface area contributed by atoms with Gasteiger partial charge in [-0.25, -0.2) is 5.01 Å². The minimum Gasteiger partial charge on any atom is -0.493 e. The molecule has 4 rings (SSSR count). The van der Waals surface area contributed by atoms with Gasteiger partial charge in [-0.2, -0.15) is 5.10 Å². The molecule has 5 nitrogen and oxygen atoms in total. The number of para-hydroxylation sites is 1. The van der Waals surface area contributed by atoms with E-state index < -0.39 is 0 Å². The fourth-order valence-corrected chi connectivity index (χ4v) is 4.97. The van der Waals surface area contributed by atoms with E-state index in [0.717, 1.165) is 27.1 Å². The monoisotopic (exact) mass is 524 g/mol. The predicted octanol–water partition coefficient (Wildman–Crippen LogP) is 6.08. The Labute approximate surface area is 206 Å². The van der Waals surface area contributed by atoms with Crippen molar-refractivity contribution in [2.24, 2.45) is 5.10 Å². The molecule has 0 fully saturated rings. The van der Waals surface area contributed by atoms with Crippen LogP contribution in [-0.2, 0) is 10.5 Å². The number of hydrogen-bond donors (Lipinski definition) is 0. The molecule has 33 heavy (non-hydrogen) atoms. The molecule has 3 aromatic carbocycles. The highest BCUT2D eigenvalue weighted by molar-refractivity contribution is 9.10. The first kappa shape index (κ1) is 23.4. The minimum absolute atomic E-state index is 0.0297. The molecule has 0 saturated carbocycles. The molecule has 7 heteroatoms. The van der Waals surface area contributed by atoms with E-state index in [9.17, 15) is 4.79 Å². The van der Waals surface area contributed by atoms with Crippen molar-refractivity contribution in [3.05, 3.63) is 94.0 Å². The highest BCUT2D eigenvalue weighted by Crippen LogP contribution is 2.42. The van der Waals surface area contributed by atoms with Crippen molar-refractivity contribution in [3.8, 4) is 11.5 Å². The van der Waals surface area contributed by atoms with Crippen LogP contribution in [0.25, 0.3) is 0 Å². The number of carbonyl (C=O) groups is 1. The van der Waals surface area contributed by atoms with Crippen LogP contribution in [0.1, 0.15) is 29.2 Å². The first-order valence-electron chi connectivity index (χ1n) is 10.6. The zero-order valence-electron chi connectivity index (χ0n) is 18.5. The zero-order chi connectivity index (χ0) is 23.2. The number of hydrazone groups is 1. The van der Waals surface area contributed by atoms with Crippen LogP contribution in [-0.4, -0.2) is 36.6 Å². The molecule has 0 saturated heterocycles. The number of carbonyl (C=O) groups excluding carboxylic acids is 1. The molecule has 0 N–H and O–H groups in total. The van der Waals surface area contributed by atoms with E-state index in [2.05, 4.69) is 28.1 Å². The fourth-order valence-electron chi connectivity index (χ4n) is 3.87. The van der Waals surface area contributed by atoms with Gasteiger partial charge < -0.3 is 9.47 Å². The third-order valence-electron chi connectivity index (χ3n) is 5.47. The summed E-state index contributed by atoms with van der Waals surface area (Å²) in [7, 11) is 3.23. The second-order valence-corrected chi connectivity index (χ2v) is 9.47. The van der Waals surface area contributed by atoms with Crippen LogP contribution >= 0.6 is 27.7 Å². The standard InChI is InChI=1S/C26H25BrN2O3S/c1-31-24-10-6-9-21(26(24)32-2)23-15-22(19-11-13-20(27)14-12-19)28-29(23)25(30)17-33-16-18-7-4-3-5-8-18/h3-14,23H,15-17H2,1-2H3/t23-/m0/s1. The molecule has 0 unspecified atom stereocenters. The number of ether oxygens (including phenoxy) is 2. The van der Waals surface area contributed by atoms with Crippen LogP contribution in [0, 0.1) is 0 Å². The maximum atomic E-state index is 13.3. The Bertz CT molecular complexity index is 1140. The van der Waals surface area contributed by atoms with Crippen molar-refractivity contribution < 1.29 is 14.3 Å². The molecule has 0 aliphatic carbocycles. The SMILES string of the molecule is COc1cccc([C@@H]2CC(c3ccc(Br)cc3)=NN2C(=O)CSCc2ccccc2)c1OC. The van der Waals surface area contributed by atoms with Gasteiger partial charge in [-0.05, 0) is 29.3 Å². The highest BCUT2D eigenvalue weighted by atomic mass is 79.9. The molecule has 1 atom stereocenters. The van der Waals surface area contributed by atoms with Crippen molar-refractivity contribution in [1.82, 2.24) is 5.01 Å². The van der Waals surface area contributed by atoms with E-state index in [0.29, 0.717) is 23.7 Å². The molecule has 3 aromatic rings. The van der Waals surface area contributed by atoms with Crippen LogP contribution in [0.2, 0.25) is 0 Å². The summed E-state index contributed by atoms with van der Waals surface area (Å²) >= 11 is 5.08. The number of amides is 1. The van der Waals surface area contributed by atoms with Crippen LogP contribution in [0.4, 0.5) is 0 Å². The molecule has 0 bridgehead atoms. The predicted molar refractivity (Wildman–Crippen MR) is 137 cm³/mol. The van der Waals surface area contributed by atoms with Crippen molar-refractivity contribution in [1.29, 1.82) is 0 Å². The quantitative estimate of drug-likeness (QED) is 0.358.